The normalized spacial score (nSPS) is 17.9. The zero-order valence-electron chi connectivity index (χ0n) is 14.4. The summed E-state index contributed by atoms with van der Waals surface area (Å²) in [5.41, 5.74) is 0.375. The van der Waals surface area contributed by atoms with E-state index in [1.165, 1.54) is 13.1 Å². The van der Waals surface area contributed by atoms with Crippen LogP contribution in [0.1, 0.15) is 25.3 Å². The SMILES string of the molecule is CC(C)c1cc(-n2nnn(C)c2=O)c(OCC2COCCO2)cc1F. The Kier molecular flexibility index (Phi) is 5.14. The Labute approximate surface area is 144 Å². The van der Waals surface area contributed by atoms with E-state index in [9.17, 15) is 9.18 Å². The summed E-state index contributed by atoms with van der Waals surface area (Å²) >= 11 is 0. The molecule has 0 spiro atoms. The second kappa shape index (κ2) is 7.32. The topological polar surface area (TPSA) is 80.4 Å². The van der Waals surface area contributed by atoms with Gasteiger partial charge in [0.2, 0.25) is 0 Å². The Hall–Kier alpha value is -2.26. The van der Waals surface area contributed by atoms with Crippen LogP contribution in [0, 0.1) is 5.82 Å². The Morgan fingerprint density at radius 2 is 2.16 bits per heavy atom. The fourth-order valence-electron chi connectivity index (χ4n) is 2.56. The lowest BCUT2D eigenvalue weighted by atomic mass is 10.0. The average molecular weight is 352 g/mol. The summed E-state index contributed by atoms with van der Waals surface area (Å²) in [6.45, 7) is 5.37. The first-order chi connectivity index (χ1) is 12.0. The molecule has 1 fully saturated rings. The first kappa shape index (κ1) is 17.6. The van der Waals surface area contributed by atoms with E-state index in [-0.39, 0.29) is 24.4 Å². The molecule has 25 heavy (non-hydrogen) atoms. The predicted molar refractivity (Wildman–Crippen MR) is 86.7 cm³/mol. The maximum Gasteiger partial charge on any atom is 0.368 e. The summed E-state index contributed by atoms with van der Waals surface area (Å²) in [6.07, 6.45) is -0.243. The lowest BCUT2D eigenvalue weighted by Crippen LogP contribution is -2.33. The molecule has 0 saturated carbocycles. The van der Waals surface area contributed by atoms with E-state index in [1.807, 2.05) is 13.8 Å². The van der Waals surface area contributed by atoms with Gasteiger partial charge in [0.1, 0.15) is 30.0 Å². The van der Waals surface area contributed by atoms with E-state index in [2.05, 4.69) is 10.4 Å². The molecule has 2 aromatic rings. The highest BCUT2D eigenvalue weighted by Crippen LogP contribution is 2.29. The molecule has 1 aliphatic rings. The third kappa shape index (κ3) is 3.72. The van der Waals surface area contributed by atoms with E-state index in [1.54, 1.807) is 6.07 Å². The Morgan fingerprint density at radius 3 is 2.76 bits per heavy atom. The monoisotopic (exact) mass is 352 g/mol. The molecule has 1 aromatic heterocycles. The lowest BCUT2D eigenvalue weighted by Gasteiger charge is -2.23. The number of benzene rings is 1. The lowest BCUT2D eigenvalue weighted by molar-refractivity contribution is -0.101. The number of halogens is 1. The highest BCUT2D eigenvalue weighted by atomic mass is 19.1. The molecule has 1 aliphatic heterocycles. The molecule has 0 bridgehead atoms. The number of nitrogens with zero attached hydrogens (tertiary/aromatic N) is 4. The smallest absolute Gasteiger partial charge is 0.368 e. The molecule has 9 heteroatoms. The molecule has 1 aromatic carbocycles. The van der Waals surface area contributed by atoms with Crippen molar-refractivity contribution in [3.05, 3.63) is 34.0 Å². The summed E-state index contributed by atoms with van der Waals surface area (Å²) in [5, 5.41) is 7.53. The number of ether oxygens (including phenoxy) is 3. The van der Waals surface area contributed by atoms with Gasteiger partial charge in [0.25, 0.3) is 0 Å². The number of hydrogen-bond acceptors (Lipinski definition) is 6. The predicted octanol–water partition coefficient (Wildman–Crippen LogP) is 1.02. The second-order valence-electron chi connectivity index (χ2n) is 6.17. The highest BCUT2D eigenvalue weighted by molar-refractivity contribution is 5.49. The Bertz CT molecular complexity index is 796. The highest BCUT2D eigenvalue weighted by Gasteiger charge is 2.20. The van der Waals surface area contributed by atoms with E-state index < -0.39 is 11.5 Å². The molecule has 1 saturated heterocycles. The van der Waals surface area contributed by atoms with Crippen molar-refractivity contribution in [3.63, 3.8) is 0 Å². The maximum atomic E-state index is 14.4. The number of tetrazole rings is 1. The summed E-state index contributed by atoms with van der Waals surface area (Å²) in [7, 11) is 1.49. The van der Waals surface area contributed by atoms with Crippen LogP contribution in [0.3, 0.4) is 0 Å². The van der Waals surface area contributed by atoms with Gasteiger partial charge < -0.3 is 14.2 Å². The van der Waals surface area contributed by atoms with E-state index in [0.717, 1.165) is 9.36 Å². The van der Waals surface area contributed by atoms with Crippen LogP contribution >= 0.6 is 0 Å². The van der Waals surface area contributed by atoms with Crippen molar-refractivity contribution in [1.82, 2.24) is 19.8 Å². The van der Waals surface area contributed by atoms with Gasteiger partial charge in [0.05, 0.1) is 19.8 Å². The van der Waals surface area contributed by atoms with Crippen molar-refractivity contribution in [2.45, 2.75) is 25.9 Å². The third-order valence-corrected chi connectivity index (χ3v) is 3.96. The van der Waals surface area contributed by atoms with Crippen molar-refractivity contribution >= 4 is 0 Å². The quantitative estimate of drug-likeness (QED) is 0.799. The van der Waals surface area contributed by atoms with Crippen LogP contribution in [0.15, 0.2) is 16.9 Å². The van der Waals surface area contributed by atoms with Gasteiger partial charge in [-0.1, -0.05) is 13.8 Å². The maximum absolute atomic E-state index is 14.4. The molecule has 1 atom stereocenters. The molecule has 0 radical (unpaired) electrons. The summed E-state index contributed by atoms with van der Waals surface area (Å²) in [5.74, 6) is -0.250. The average Bonchev–Trinajstić information content (AvgIpc) is 2.93. The van der Waals surface area contributed by atoms with Gasteiger partial charge in [-0.3, -0.25) is 0 Å². The Balaban J connectivity index is 1.96. The zero-order chi connectivity index (χ0) is 18.0. The Morgan fingerprint density at radius 1 is 1.36 bits per heavy atom. The molecule has 0 aliphatic carbocycles. The summed E-state index contributed by atoms with van der Waals surface area (Å²) in [6, 6.07) is 2.85. The van der Waals surface area contributed by atoms with Crippen LogP contribution in [-0.4, -0.2) is 52.3 Å². The van der Waals surface area contributed by atoms with Crippen LogP contribution in [0.5, 0.6) is 5.75 Å². The van der Waals surface area contributed by atoms with Crippen molar-refractivity contribution in [1.29, 1.82) is 0 Å². The number of aromatic nitrogens is 4. The summed E-state index contributed by atoms with van der Waals surface area (Å²) in [4.78, 5) is 12.2. The van der Waals surface area contributed by atoms with Crippen molar-refractivity contribution < 1.29 is 18.6 Å². The minimum atomic E-state index is -0.441. The van der Waals surface area contributed by atoms with Gasteiger partial charge in [-0.15, -0.1) is 0 Å². The second-order valence-corrected chi connectivity index (χ2v) is 6.17. The van der Waals surface area contributed by atoms with E-state index >= 15 is 0 Å². The third-order valence-electron chi connectivity index (χ3n) is 3.96. The van der Waals surface area contributed by atoms with Gasteiger partial charge in [-0.25, -0.2) is 9.18 Å². The molecule has 136 valence electrons. The zero-order valence-corrected chi connectivity index (χ0v) is 14.4. The summed E-state index contributed by atoms with van der Waals surface area (Å²) < 4.78 is 33.2. The van der Waals surface area contributed by atoms with E-state index in [0.29, 0.717) is 31.1 Å². The van der Waals surface area contributed by atoms with Gasteiger partial charge in [-0.05, 0) is 28.0 Å². The first-order valence-electron chi connectivity index (χ1n) is 8.12. The first-order valence-corrected chi connectivity index (χ1v) is 8.12. The van der Waals surface area contributed by atoms with Gasteiger partial charge in [0.15, 0.2) is 0 Å². The van der Waals surface area contributed by atoms with Crippen molar-refractivity contribution in [3.8, 4) is 11.4 Å². The van der Waals surface area contributed by atoms with Crippen LogP contribution in [0.4, 0.5) is 4.39 Å². The van der Waals surface area contributed by atoms with Crippen LogP contribution in [0.25, 0.3) is 5.69 Å². The number of hydrogen-bond donors (Lipinski definition) is 0. The minimum absolute atomic E-state index is 0.0600. The molecule has 8 nitrogen and oxygen atoms in total. The standard InChI is InChI=1S/C16H21FN4O4/c1-10(2)12-6-14(21-16(22)20(3)18-19-21)15(7-13(12)17)25-9-11-8-23-4-5-24-11/h6-7,10-11H,4-5,8-9H2,1-3H3. The minimum Gasteiger partial charge on any atom is -0.488 e. The molecule has 0 amide bonds. The number of aryl methyl sites for hydroxylation is 1. The van der Waals surface area contributed by atoms with Gasteiger partial charge >= 0.3 is 5.69 Å². The molecular weight excluding hydrogens is 331 g/mol. The van der Waals surface area contributed by atoms with Crippen molar-refractivity contribution in [2.24, 2.45) is 7.05 Å². The van der Waals surface area contributed by atoms with Crippen LogP contribution < -0.4 is 10.4 Å². The molecule has 3 rings (SSSR count). The largest absolute Gasteiger partial charge is 0.488 e. The molecule has 1 unspecified atom stereocenters. The van der Waals surface area contributed by atoms with Crippen LogP contribution in [0.2, 0.25) is 0 Å². The fraction of sp³-hybridized carbons (Fsp3) is 0.562. The molecule has 0 N–H and O–H groups in total. The fourth-order valence-corrected chi connectivity index (χ4v) is 2.56. The van der Waals surface area contributed by atoms with Crippen molar-refractivity contribution in [2.75, 3.05) is 26.4 Å². The number of rotatable bonds is 5. The van der Waals surface area contributed by atoms with Crippen LogP contribution in [-0.2, 0) is 16.5 Å². The van der Waals surface area contributed by atoms with Gasteiger partial charge in [-0.2, -0.15) is 9.36 Å². The van der Waals surface area contributed by atoms with E-state index in [4.69, 9.17) is 14.2 Å². The van der Waals surface area contributed by atoms with Gasteiger partial charge in [0, 0.05) is 13.1 Å². The molecule has 2 heterocycles. The molecular formula is C16H21FN4O4.